The number of aromatic amines is 4. The highest BCUT2D eigenvalue weighted by molar-refractivity contribution is 5.94. The molecular weight excluding hydrogens is 1310 g/mol. The Hall–Kier alpha value is -8.74. The van der Waals surface area contributed by atoms with E-state index in [1.54, 1.807) is 0 Å². The van der Waals surface area contributed by atoms with E-state index >= 15 is 0 Å². The SMILES string of the molecule is C/C=C(/CC)c1cc(-c2c(C)noc2C)cc2[nH]c(C3CC3)nc12.CCC(CC)c1cc(-c2c(C)noc2C)cc2[nH]c(C3CC3)nc12.Cc1noc(C)c1-c1cc(C(O)(C2CCCC2)C2CCCC2)c2nc(C3CC3)[nH]c2c1.Cc1noc(C)c1-c1cc(C(O)C2CCCC2)c2nc(C3CC3)[nH]c2c1. The molecule has 7 aliphatic rings. The van der Waals surface area contributed by atoms with Crippen LogP contribution in [0.3, 0.4) is 0 Å². The molecule has 0 bridgehead atoms. The van der Waals surface area contributed by atoms with Crippen molar-refractivity contribution in [3.63, 3.8) is 0 Å². The molecule has 18 nitrogen and oxygen atoms in total. The van der Waals surface area contributed by atoms with E-state index in [0.717, 1.165) is 221 Å². The largest absolute Gasteiger partial charge is 0.388 e. The van der Waals surface area contributed by atoms with E-state index < -0.39 is 11.7 Å². The third-order valence-corrected chi connectivity index (χ3v) is 24.7. The summed E-state index contributed by atoms with van der Waals surface area (Å²) < 4.78 is 21.6. The molecule has 0 aliphatic heterocycles. The summed E-state index contributed by atoms with van der Waals surface area (Å²) in [6.07, 6.45) is 28.8. The third kappa shape index (κ3) is 13.7. The predicted molar refractivity (Wildman–Crippen MR) is 414 cm³/mol. The summed E-state index contributed by atoms with van der Waals surface area (Å²) in [7, 11) is 0. The fraction of sp³-hybridized carbons (Fsp3) is 0.517. The summed E-state index contributed by atoms with van der Waals surface area (Å²) in [6, 6.07) is 17.6. The molecule has 18 heteroatoms. The zero-order chi connectivity index (χ0) is 72.7. The van der Waals surface area contributed by atoms with Gasteiger partial charge in [0.05, 0.1) is 78.6 Å². The number of hydrogen-bond donors (Lipinski definition) is 6. The average Bonchev–Trinajstić information content (AvgIpc) is 1.62. The second-order valence-electron chi connectivity index (χ2n) is 32.1. The Morgan fingerprint density at radius 2 is 0.771 bits per heavy atom. The first-order valence-electron chi connectivity index (χ1n) is 39.8. The molecule has 8 aromatic heterocycles. The molecule has 6 N–H and O–H groups in total. The van der Waals surface area contributed by atoms with Crippen molar-refractivity contribution < 1.29 is 28.3 Å². The Balaban J connectivity index is 0.000000108. The van der Waals surface area contributed by atoms with Crippen molar-refractivity contribution in [2.45, 2.75) is 272 Å². The topological polar surface area (TPSA) is 259 Å². The van der Waals surface area contributed by atoms with Gasteiger partial charge in [0.15, 0.2) is 0 Å². The maximum atomic E-state index is 12.6. The molecule has 1 atom stereocenters. The lowest BCUT2D eigenvalue weighted by Crippen LogP contribution is -2.41. The Morgan fingerprint density at radius 3 is 1.13 bits per heavy atom. The number of nitrogens with one attached hydrogen (secondary N) is 4. The van der Waals surface area contributed by atoms with E-state index in [1.807, 2.05) is 55.4 Å². The van der Waals surface area contributed by atoms with Crippen LogP contribution in [0, 0.1) is 73.1 Å². The van der Waals surface area contributed by atoms with Crippen LogP contribution in [0.2, 0.25) is 0 Å². The van der Waals surface area contributed by atoms with Gasteiger partial charge in [0, 0.05) is 62.6 Å². The quantitative estimate of drug-likeness (QED) is 0.0467. The van der Waals surface area contributed by atoms with Gasteiger partial charge in [0.1, 0.15) is 46.3 Å². The number of fused-ring (bicyclic) bond motifs is 4. The van der Waals surface area contributed by atoms with Gasteiger partial charge in [-0.15, -0.1) is 0 Å². The fourth-order valence-corrected chi connectivity index (χ4v) is 18.4. The fourth-order valence-electron chi connectivity index (χ4n) is 18.4. The molecular formula is C87H106N12O6. The molecule has 0 saturated heterocycles. The van der Waals surface area contributed by atoms with Crippen LogP contribution < -0.4 is 0 Å². The summed E-state index contributed by atoms with van der Waals surface area (Å²) in [5.74, 6) is 11.7. The van der Waals surface area contributed by atoms with Gasteiger partial charge in [-0.1, -0.05) is 86.0 Å². The standard InChI is InChI=1S/C26H33N3O2.C21H25N3O2.C20H25N3O.C20H23N3O/c1-15-23(16(2)31-29-15)18-13-21(24-22(14-18)27-25(28-24)17-11-12-17)26(30,19-7-3-4-8-19)20-9-5-6-10-20;1-11-18(12(2)26-24-11)15-9-16(20(25)13-5-3-4-6-13)19-17(10-15)22-21(23-19)14-7-8-14;2*1-5-13(6-2)16-9-15(18-11(3)23-24-12(18)4)10-17-19(16)22-20(21-17)14-7-8-14/h13-14,17,19-20,30H,3-12H2,1-2H3,(H,27,28);9-10,13-14,20,25H,3-8H2,1-2H3,(H,22,23);9-10,13-14H,5-8H2,1-4H3,(H,21,22);5,9-10,14H,6-8H2,1-4H3,(H,21,22)/b;;;13-5-. The van der Waals surface area contributed by atoms with Gasteiger partial charge in [0.25, 0.3) is 0 Å². The first-order chi connectivity index (χ1) is 50.9. The zero-order valence-electron chi connectivity index (χ0n) is 63.8. The molecule has 0 spiro atoms. The Morgan fingerprint density at radius 1 is 0.438 bits per heavy atom. The van der Waals surface area contributed by atoms with Gasteiger partial charge in [-0.05, 0) is 277 Å². The van der Waals surface area contributed by atoms with Crippen LogP contribution in [0.15, 0.2) is 72.7 Å². The lowest BCUT2D eigenvalue weighted by molar-refractivity contribution is -0.0722. The number of hydrogen-bond acceptors (Lipinski definition) is 14. The van der Waals surface area contributed by atoms with Gasteiger partial charge < -0.3 is 48.2 Å². The number of nitrogens with zero attached hydrogens (tertiary/aromatic N) is 8. The minimum Gasteiger partial charge on any atom is -0.388 e. The number of allylic oxidation sites excluding steroid dienone is 2. The number of aliphatic hydroxyl groups excluding tert-OH is 1. The second-order valence-corrected chi connectivity index (χ2v) is 32.1. The first kappa shape index (κ1) is 70.6. The second kappa shape index (κ2) is 28.9. The molecule has 105 heavy (non-hydrogen) atoms. The molecule has 550 valence electrons. The Labute approximate surface area is 615 Å². The molecule has 4 aromatic carbocycles. The van der Waals surface area contributed by atoms with Crippen molar-refractivity contribution in [3.8, 4) is 44.5 Å². The van der Waals surface area contributed by atoms with Crippen molar-refractivity contribution in [1.82, 2.24) is 60.5 Å². The van der Waals surface area contributed by atoms with Crippen LogP contribution in [-0.4, -0.2) is 70.7 Å². The monoisotopic (exact) mass is 1410 g/mol. The number of H-pyrrole nitrogens is 4. The molecule has 1 unspecified atom stereocenters. The van der Waals surface area contributed by atoms with Crippen molar-refractivity contribution in [2.75, 3.05) is 0 Å². The third-order valence-electron chi connectivity index (χ3n) is 24.7. The van der Waals surface area contributed by atoms with E-state index in [9.17, 15) is 10.2 Å². The van der Waals surface area contributed by atoms with Crippen molar-refractivity contribution in [3.05, 3.63) is 146 Å². The molecule has 7 aliphatic carbocycles. The van der Waals surface area contributed by atoms with Crippen LogP contribution in [0.25, 0.3) is 94.2 Å². The lowest BCUT2D eigenvalue weighted by atomic mass is 9.70. The van der Waals surface area contributed by atoms with Gasteiger partial charge in [-0.3, -0.25) is 0 Å². The number of imidazole rings is 4. The van der Waals surface area contributed by atoms with Crippen molar-refractivity contribution in [2.24, 2.45) is 17.8 Å². The maximum absolute atomic E-state index is 12.6. The highest BCUT2D eigenvalue weighted by atomic mass is 16.5. The van der Waals surface area contributed by atoms with Crippen LogP contribution in [0.4, 0.5) is 0 Å². The molecule has 0 radical (unpaired) electrons. The van der Waals surface area contributed by atoms with Gasteiger partial charge in [-0.25, -0.2) is 19.9 Å². The van der Waals surface area contributed by atoms with E-state index in [1.165, 1.54) is 112 Å². The van der Waals surface area contributed by atoms with E-state index in [-0.39, 0.29) is 0 Å². The van der Waals surface area contributed by atoms with Crippen LogP contribution in [0.5, 0.6) is 0 Å². The van der Waals surface area contributed by atoms with Crippen LogP contribution in [0.1, 0.15) is 302 Å². The molecule has 7 fully saturated rings. The molecule has 0 amide bonds. The number of benzene rings is 4. The Bertz CT molecular complexity index is 5080. The average molecular weight is 1420 g/mol. The van der Waals surface area contributed by atoms with Gasteiger partial charge >= 0.3 is 0 Å². The van der Waals surface area contributed by atoms with Gasteiger partial charge in [0.2, 0.25) is 0 Å². The summed E-state index contributed by atoms with van der Waals surface area (Å²) in [5.41, 5.74) is 25.9. The summed E-state index contributed by atoms with van der Waals surface area (Å²) in [6.45, 7) is 24.6. The van der Waals surface area contributed by atoms with Gasteiger partial charge in [-0.2, -0.15) is 0 Å². The molecule has 19 rings (SSSR count). The van der Waals surface area contributed by atoms with Crippen molar-refractivity contribution in [1.29, 1.82) is 0 Å². The predicted octanol–water partition coefficient (Wildman–Crippen LogP) is 22.4. The van der Waals surface area contributed by atoms with E-state index in [2.05, 4.69) is 123 Å². The lowest BCUT2D eigenvalue weighted by Gasteiger charge is -2.40. The molecule has 8 heterocycles. The smallest absolute Gasteiger partial charge is 0.141 e. The van der Waals surface area contributed by atoms with Crippen LogP contribution >= 0.6 is 0 Å². The number of rotatable bonds is 18. The molecule has 12 aromatic rings. The minimum absolute atomic E-state index is 0.319. The minimum atomic E-state index is -0.809. The van der Waals surface area contributed by atoms with Crippen LogP contribution in [-0.2, 0) is 5.60 Å². The number of aliphatic hydroxyl groups is 2. The first-order valence-corrected chi connectivity index (χ1v) is 39.8. The Kier molecular flexibility index (Phi) is 19.4. The van der Waals surface area contributed by atoms with Crippen molar-refractivity contribution >= 4 is 49.7 Å². The summed E-state index contributed by atoms with van der Waals surface area (Å²) in [5, 5.41) is 40.3. The normalized spacial score (nSPS) is 18.0. The number of aryl methyl sites for hydroxylation is 8. The van der Waals surface area contributed by atoms with E-state index in [0.29, 0.717) is 47.3 Å². The number of aromatic nitrogens is 12. The van der Waals surface area contributed by atoms with E-state index in [4.69, 9.17) is 38.0 Å². The summed E-state index contributed by atoms with van der Waals surface area (Å²) in [4.78, 5) is 34.1. The highest BCUT2D eigenvalue weighted by Crippen LogP contribution is 2.54. The maximum Gasteiger partial charge on any atom is 0.141 e. The molecule has 7 saturated carbocycles. The summed E-state index contributed by atoms with van der Waals surface area (Å²) >= 11 is 0. The zero-order valence-corrected chi connectivity index (χ0v) is 63.8. The highest BCUT2D eigenvalue weighted by Gasteiger charge is 2.49.